The molecule has 0 amide bonds. The van der Waals surface area contributed by atoms with Gasteiger partial charge in [0.1, 0.15) is 0 Å². The van der Waals surface area contributed by atoms with Crippen molar-refractivity contribution in [2.24, 2.45) is 13.0 Å². The van der Waals surface area contributed by atoms with Crippen LogP contribution >= 0.6 is 0 Å². The van der Waals surface area contributed by atoms with Crippen LogP contribution in [-0.2, 0) is 13.6 Å². The second kappa shape index (κ2) is 6.58. The van der Waals surface area contributed by atoms with Gasteiger partial charge in [-0.15, -0.1) is 0 Å². The molecule has 0 unspecified atom stereocenters. The van der Waals surface area contributed by atoms with Crippen molar-refractivity contribution in [2.75, 3.05) is 19.6 Å². The van der Waals surface area contributed by atoms with Gasteiger partial charge in [0.2, 0.25) is 0 Å². The van der Waals surface area contributed by atoms with E-state index in [1.165, 1.54) is 0 Å². The molecular weight excluding hydrogens is 188 g/mol. The van der Waals surface area contributed by atoms with Crippen LogP contribution < -0.4 is 10.6 Å². The number of rotatable bonds is 7. The number of aromatic nitrogens is 2. The van der Waals surface area contributed by atoms with Crippen molar-refractivity contribution in [1.29, 1.82) is 0 Å². The van der Waals surface area contributed by atoms with E-state index in [0.717, 1.165) is 37.8 Å². The first-order chi connectivity index (χ1) is 7.18. The number of nitrogens with zero attached hydrogens (tertiary/aromatic N) is 2. The fourth-order valence-electron chi connectivity index (χ4n) is 1.34. The van der Waals surface area contributed by atoms with E-state index in [9.17, 15) is 0 Å². The largest absolute Gasteiger partial charge is 0.315 e. The van der Waals surface area contributed by atoms with Gasteiger partial charge in [0.25, 0.3) is 0 Å². The lowest BCUT2D eigenvalue weighted by Gasteiger charge is -2.07. The molecule has 15 heavy (non-hydrogen) atoms. The Morgan fingerprint density at radius 2 is 2.07 bits per heavy atom. The number of hydrogen-bond acceptors (Lipinski definition) is 3. The molecule has 4 heteroatoms. The number of nitrogens with one attached hydrogen (secondary N) is 2. The van der Waals surface area contributed by atoms with Crippen molar-refractivity contribution in [3.05, 3.63) is 18.0 Å². The minimum atomic E-state index is 0.723. The van der Waals surface area contributed by atoms with Crippen LogP contribution in [-0.4, -0.2) is 29.4 Å². The van der Waals surface area contributed by atoms with Crippen LogP contribution in [0.4, 0.5) is 0 Å². The highest BCUT2D eigenvalue weighted by Crippen LogP contribution is 1.92. The first-order valence-corrected chi connectivity index (χ1v) is 5.58. The molecule has 0 fully saturated rings. The zero-order valence-electron chi connectivity index (χ0n) is 9.95. The quantitative estimate of drug-likeness (QED) is 0.653. The first-order valence-electron chi connectivity index (χ1n) is 5.58. The Morgan fingerprint density at radius 3 is 2.67 bits per heavy atom. The van der Waals surface area contributed by atoms with Crippen molar-refractivity contribution >= 4 is 0 Å². The van der Waals surface area contributed by atoms with E-state index >= 15 is 0 Å². The lowest BCUT2D eigenvalue weighted by atomic mass is 10.2. The summed E-state index contributed by atoms with van der Waals surface area (Å²) in [5.41, 5.74) is 1.10. The normalized spacial score (nSPS) is 11.2. The fraction of sp³-hybridized carbons (Fsp3) is 0.727. The van der Waals surface area contributed by atoms with Crippen molar-refractivity contribution in [1.82, 2.24) is 20.4 Å². The summed E-state index contributed by atoms with van der Waals surface area (Å²) in [6.45, 7) is 8.38. The summed E-state index contributed by atoms with van der Waals surface area (Å²) in [7, 11) is 1.94. The summed E-state index contributed by atoms with van der Waals surface area (Å²) in [4.78, 5) is 0. The summed E-state index contributed by atoms with van der Waals surface area (Å²) in [6.07, 6.45) is 1.97. The second-order valence-electron chi connectivity index (χ2n) is 4.26. The summed E-state index contributed by atoms with van der Waals surface area (Å²) >= 11 is 0. The summed E-state index contributed by atoms with van der Waals surface area (Å²) < 4.78 is 1.83. The van der Waals surface area contributed by atoms with E-state index in [0.29, 0.717) is 0 Å². The maximum atomic E-state index is 4.29. The zero-order chi connectivity index (χ0) is 11.1. The Labute approximate surface area is 92.1 Å². The van der Waals surface area contributed by atoms with Gasteiger partial charge in [-0.1, -0.05) is 13.8 Å². The molecule has 0 aliphatic carbocycles. The maximum absolute atomic E-state index is 4.29. The predicted molar refractivity (Wildman–Crippen MR) is 62.6 cm³/mol. The molecular formula is C11H22N4. The standard InChI is InChI=1S/C11H22N4/c1-10(2)8-12-5-6-13-9-11-4-7-15(3)14-11/h4,7,10,12-13H,5-6,8-9H2,1-3H3. The molecule has 1 aromatic heterocycles. The highest BCUT2D eigenvalue weighted by atomic mass is 15.3. The number of hydrogen-bond donors (Lipinski definition) is 2. The molecule has 0 aromatic carbocycles. The van der Waals surface area contributed by atoms with E-state index in [-0.39, 0.29) is 0 Å². The van der Waals surface area contributed by atoms with Crippen molar-refractivity contribution in [2.45, 2.75) is 20.4 Å². The Kier molecular flexibility index (Phi) is 5.36. The Bertz CT molecular complexity index is 267. The molecule has 1 rings (SSSR count). The second-order valence-corrected chi connectivity index (χ2v) is 4.26. The van der Waals surface area contributed by atoms with Crippen LogP contribution in [0.1, 0.15) is 19.5 Å². The number of aryl methyl sites for hydroxylation is 1. The van der Waals surface area contributed by atoms with Crippen LogP contribution in [0.3, 0.4) is 0 Å². The van der Waals surface area contributed by atoms with Crippen molar-refractivity contribution in [3.8, 4) is 0 Å². The van der Waals surface area contributed by atoms with Crippen LogP contribution in [0.5, 0.6) is 0 Å². The topological polar surface area (TPSA) is 41.9 Å². The lowest BCUT2D eigenvalue weighted by Crippen LogP contribution is -2.29. The minimum Gasteiger partial charge on any atom is -0.315 e. The Morgan fingerprint density at radius 1 is 1.33 bits per heavy atom. The lowest BCUT2D eigenvalue weighted by molar-refractivity contribution is 0.533. The summed E-state index contributed by atoms with van der Waals surface area (Å²) in [5, 5.41) is 11.0. The van der Waals surface area contributed by atoms with E-state index in [1.807, 2.05) is 24.0 Å². The summed E-state index contributed by atoms with van der Waals surface area (Å²) in [5.74, 6) is 0.723. The third-order valence-corrected chi connectivity index (χ3v) is 2.11. The molecule has 0 saturated heterocycles. The molecule has 0 bridgehead atoms. The Balaban J connectivity index is 1.98. The first kappa shape index (κ1) is 12.2. The van der Waals surface area contributed by atoms with Gasteiger partial charge < -0.3 is 10.6 Å². The third-order valence-electron chi connectivity index (χ3n) is 2.11. The molecule has 0 aliphatic heterocycles. The van der Waals surface area contributed by atoms with Crippen LogP contribution in [0.25, 0.3) is 0 Å². The molecule has 0 saturated carbocycles. The van der Waals surface area contributed by atoms with Gasteiger partial charge in [-0.2, -0.15) is 5.10 Å². The predicted octanol–water partition coefficient (Wildman–Crippen LogP) is 0.755. The average Bonchev–Trinajstić information content (AvgIpc) is 2.57. The average molecular weight is 210 g/mol. The fourth-order valence-corrected chi connectivity index (χ4v) is 1.34. The third kappa shape index (κ3) is 5.54. The molecule has 0 spiro atoms. The molecule has 0 radical (unpaired) electrons. The molecule has 2 N–H and O–H groups in total. The maximum Gasteiger partial charge on any atom is 0.0762 e. The molecule has 4 nitrogen and oxygen atoms in total. The van der Waals surface area contributed by atoms with E-state index in [4.69, 9.17) is 0 Å². The minimum absolute atomic E-state index is 0.723. The molecule has 0 atom stereocenters. The van der Waals surface area contributed by atoms with Crippen LogP contribution in [0, 0.1) is 5.92 Å². The van der Waals surface area contributed by atoms with Crippen molar-refractivity contribution in [3.63, 3.8) is 0 Å². The van der Waals surface area contributed by atoms with Gasteiger partial charge in [0.15, 0.2) is 0 Å². The van der Waals surface area contributed by atoms with Gasteiger partial charge in [-0.05, 0) is 18.5 Å². The van der Waals surface area contributed by atoms with Gasteiger partial charge >= 0.3 is 0 Å². The molecule has 1 heterocycles. The molecule has 1 aromatic rings. The van der Waals surface area contributed by atoms with Crippen LogP contribution in [0.2, 0.25) is 0 Å². The van der Waals surface area contributed by atoms with E-state index in [2.05, 4.69) is 29.6 Å². The smallest absolute Gasteiger partial charge is 0.0762 e. The van der Waals surface area contributed by atoms with Gasteiger partial charge in [0.05, 0.1) is 5.69 Å². The Hall–Kier alpha value is -0.870. The molecule has 86 valence electrons. The summed E-state index contributed by atoms with van der Waals surface area (Å²) in [6, 6.07) is 2.04. The van der Waals surface area contributed by atoms with Gasteiger partial charge in [-0.25, -0.2) is 0 Å². The van der Waals surface area contributed by atoms with E-state index < -0.39 is 0 Å². The molecule has 0 aliphatic rings. The van der Waals surface area contributed by atoms with Crippen molar-refractivity contribution < 1.29 is 0 Å². The monoisotopic (exact) mass is 210 g/mol. The highest BCUT2D eigenvalue weighted by molar-refractivity contribution is 4.97. The van der Waals surface area contributed by atoms with E-state index in [1.54, 1.807) is 0 Å². The SMILES string of the molecule is CC(C)CNCCNCc1ccn(C)n1. The van der Waals surface area contributed by atoms with Gasteiger partial charge in [-0.3, -0.25) is 4.68 Å². The highest BCUT2D eigenvalue weighted by Gasteiger charge is 1.95. The zero-order valence-corrected chi connectivity index (χ0v) is 9.95. The van der Waals surface area contributed by atoms with Crippen LogP contribution in [0.15, 0.2) is 12.3 Å². The van der Waals surface area contributed by atoms with Gasteiger partial charge in [0, 0.05) is 32.9 Å².